The van der Waals surface area contributed by atoms with E-state index in [4.69, 9.17) is 0 Å². The summed E-state index contributed by atoms with van der Waals surface area (Å²) < 4.78 is 14.6. The maximum Gasteiger partial charge on any atom is 0.147 e. The monoisotopic (exact) mass is 338 g/mol. The topological polar surface area (TPSA) is 49.8 Å². The Hall–Kier alpha value is -1.69. The van der Waals surface area contributed by atoms with Gasteiger partial charge in [-0.1, -0.05) is 22.9 Å². The predicted molar refractivity (Wildman–Crippen MR) is 83.1 cm³/mol. The molecule has 4 nitrogen and oxygen atoms in total. The van der Waals surface area contributed by atoms with Crippen molar-refractivity contribution >= 4 is 33.3 Å². The fourth-order valence-corrected chi connectivity index (χ4v) is 2.14. The van der Waals surface area contributed by atoms with Gasteiger partial charge < -0.3 is 10.6 Å². The molecule has 1 aromatic carbocycles. The molecule has 2 N–H and O–H groups in total. The predicted octanol–water partition coefficient (Wildman–Crippen LogP) is 4.03. The first-order chi connectivity index (χ1) is 9.55. The van der Waals surface area contributed by atoms with Crippen molar-refractivity contribution in [2.45, 2.75) is 20.3 Å². The van der Waals surface area contributed by atoms with Gasteiger partial charge in [-0.3, -0.25) is 0 Å². The van der Waals surface area contributed by atoms with Crippen molar-refractivity contribution in [3.8, 4) is 0 Å². The van der Waals surface area contributed by atoms with Gasteiger partial charge in [0.05, 0.1) is 5.69 Å². The maximum atomic E-state index is 13.9. The van der Waals surface area contributed by atoms with Crippen LogP contribution in [0.3, 0.4) is 0 Å². The second-order valence-electron chi connectivity index (χ2n) is 4.31. The number of nitrogens with zero attached hydrogens (tertiary/aromatic N) is 2. The average molecular weight is 339 g/mol. The summed E-state index contributed by atoms with van der Waals surface area (Å²) in [4.78, 5) is 8.80. The first-order valence-electron chi connectivity index (χ1n) is 6.32. The molecule has 0 atom stereocenters. The summed E-state index contributed by atoms with van der Waals surface area (Å²) in [5.41, 5.74) is 1.24. The zero-order chi connectivity index (χ0) is 14.7. The van der Waals surface area contributed by atoms with Crippen molar-refractivity contribution in [3.63, 3.8) is 0 Å². The standard InChI is InChI=1S/C14H16BrFN4/c1-4-12-19-13(17-3)8(2)14(20-12)18-11-6-5-9(15)7-10(11)16/h5-7H,4H2,1-3H3,(H2,17,18,19,20). The molecule has 6 heteroatoms. The Kier molecular flexibility index (Phi) is 4.54. The second kappa shape index (κ2) is 6.17. The van der Waals surface area contributed by atoms with Crippen molar-refractivity contribution in [1.29, 1.82) is 0 Å². The van der Waals surface area contributed by atoms with Gasteiger partial charge in [-0.25, -0.2) is 14.4 Å². The molecular formula is C14H16BrFN4. The number of hydrogen-bond donors (Lipinski definition) is 2. The lowest BCUT2D eigenvalue weighted by molar-refractivity contribution is 0.631. The Balaban J connectivity index is 2.42. The van der Waals surface area contributed by atoms with E-state index >= 15 is 0 Å². The lowest BCUT2D eigenvalue weighted by atomic mass is 10.2. The summed E-state index contributed by atoms with van der Waals surface area (Å²) in [5, 5.41) is 6.06. The summed E-state index contributed by atoms with van der Waals surface area (Å²) in [6, 6.07) is 4.87. The summed E-state index contributed by atoms with van der Waals surface area (Å²) in [7, 11) is 1.80. The van der Waals surface area contributed by atoms with Gasteiger partial charge in [0, 0.05) is 23.5 Å². The largest absolute Gasteiger partial charge is 0.373 e. The second-order valence-corrected chi connectivity index (χ2v) is 5.23. The fraction of sp³-hybridized carbons (Fsp3) is 0.286. The lowest BCUT2D eigenvalue weighted by Gasteiger charge is -2.14. The number of nitrogens with one attached hydrogen (secondary N) is 2. The first-order valence-corrected chi connectivity index (χ1v) is 7.11. The highest BCUT2D eigenvalue weighted by Crippen LogP contribution is 2.26. The maximum absolute atomic E-state index is 13.9. The van der Waals surface area contributed by atoms with Crippen LogP contribution in [0.4, 0.5) is 21.7 Å². The van der Waals surface area contributed by atoms with Gasteiger partial charge in [0.15, 0.2) is 0 Å². The van der Waals surface area contributed by atoms with Gasteiger partial charge in [0.2, 0.25) is 0 Å². The molecule has 2 rings (SSSR count). The molecule has 0 aliphatic rings. The summed E-state index contributed by atoms with van der Waals surface area (Å²) in [5.74, 6) is 1.74. The third-order valence-electron chi connectivity index (χ3n) is 2.93. The molecule has 0 spiro atoms. The third-order valence-corrected chi connectivity index (χ3v) is 3.42. The van der Waals surface area contributed by atoms with Crippen LogP contribution in [0, 0.1) is 12.7 Å². The quantitative estimate of drug-likeness (QED) is 0.883. The Bertz CT molecular complexity index is 631. The average Bonchev–Trinajstić information content (AvgIpc) is 2.43. The molecule has 0 fully saturated rings. The Morgan fingerprint density at radius 3 is 2.55 bits per heavy atom. The molecule has 2 aromatic rings. The Labute approximate surface area is 126 Å². The molecule has 106 valence electrons. The minimum Gasteiger partial charge on any atom is -0.373 e. The molecule has 20 heavy (non-hydrogen) atoms. The smallest absolute Gasteiger partial charge is 0.147 e. The summed E-state index contributed by atoms with van der Waals surface area (Å²) >= 11 is 3.24. The van der Waals surface area contributed by atoms with Crippen LogP contribution in [0.25, 0.3) is 0 Å². The minimum absolute atomic E-state index is 0.332. The molecule has 1 aromatic heterocycles. The molecular weight excluding hydrogens is 323 g/mol. The zero-order valence-electron chi connectivity index (χ0n) is 11.6. The van der Waals surface area contributed by atoms with Crippen LogP contribution in [-0.2, 0) is 6.42 Å². The van der Waals surface area contributed by atoms with Crippen LogP contribution in [0.5, 0.6) is 0 Å². The van der Waals surface area contributed by atoms with Crippen LogP contribution in [-0.4, -0.2) is 17.0 Å². The van der Waals surface area contributed by atoms with E-state index in [2.05, 4.69) is 36.5 Å². The number of benzene rings is 1. The highest BCUT2D eigenvalue weighted by atomic mass is 79.9. The number of rotatable bonds is 4. The molecule has 1 heterocycles. The number of aromatic nitrogens is 2. The van der Waals surface area contributed by atoms with E-state index in [0.717, 1.165) is 11.4 Å². The van der Waals surface area contributed by atoms with Gasteiger partial charge >= 0.3 is 0 Å². The summed E-state index contributed by atoms with van der Waals surface area (Å²) in [6.45, 7) is 3.87. The van der Waals surface area contributed by atoms with E-state index in [9.17, 15) is 4.39 Å². The summed E-state index contributed by atoms with van der Waals surface area (Å²) in [6.07, 6.45) is 0.715. The highest BCUT2D eigenvalue weighted by Gasteiger charge is 2.11. The van der Waals surface area contributed by atoms with E-state index in [-0.39, 0.29) is 5.82 Å². The van der Waals surface area contributed by atoms with E-state index in [1.807, 2.05) is 13.8 Å². The van der Waals surface area contributed by atoms with Crippen LogP contribution in [0.2, 0.25) is 0 Å². The van der Waals surface area contributed by atoms with Crippen LogP contribution in [0.1, 0.15) is 18.3 Å². The number of hydrogen-bond acceptors (Lipinski definition) is 4. The molecule has 0 radical (unpaired) electrons. The van der Waals surface area contributed by atoms with Gasteiger partial charge in [-0.15, -0.1) is 0 Å². The van der Waals surface area contributed by atoms with Crippen molar-refractivity contribution in [2.24, 2.45) is 0 Å². The van der Waals surface area contributed by atoms with Crippen LogP contribution >= 0.6 is 15.9 Å². The number of anilines is 3. The molecule has 0 saturated carbocycles. The SMILES string of the molecule is CCc1nc(NC)c(C)c(Nc2ccc(Br)cc2F)n1. The van der Waals surface area contributed by atoms with E-state index < -0.39 is 0 Å². The van der Waals surface area contributed by atoms with Gasteiger partial charge in [-0.05, 0) is 25.1 Å². The molecule has 0 bridgehead atoms. The number of aryl methyl sites for hydroxylation is 1. The van der Waals surface area contributed by atoms with E-state index in [1.165, 1.54) is 6.07 Å². The van der Waals surface area contributed by atoms with Crippen molar-refractivity contribution in [1.82, 2.24) is 9.97 Å². The molecule has 0 aliphatic heterocycles. The molecule has 0 saturated heterocycles. The molecule has 0 aliphatic carbocycles. The Morgan fingerprint density at radius 2 is 1.95 bits per heavy atom. The minimum atomic E-state index is -0.332. The van der Waals surface area contributed by atoms with Crippen LogP contribution in [0.15, 0.2) is 22.7 Å². The lowest BCUT2D eigenvalue weighted by Crippen LogP contribution is -2.07. The normalized spacial score (nSPS) is 10.4. The van der Waals surface area contributed by atoms with Crippen molar-refractivity contribution in [3.05, 3.63) is 39.9 Å². The van der Waals surface area contributed by atoms with Gasteiger partial charge in [0.1, 0.15) is 23.3 Å². The number of halogens is 2. The van der Waals surface area contributed by atoms with Crippen molar-refractivity contribution < 1.29 is 4.39 Å². The van der Waals surface area contributed by atoms with E-state index in [1.54, 1.807) is 19.2 Å². The third kappa shape index (κ3) is 3.07. The zero-order valence-corrected chi connectivity index (χ0v) is 13.2. The van der Waals surface area contributed by atoms with Gasteiger partial charge in [0.25, 0.3) is 0 Å². The Morgan fingerprint density at radius 1 is 1.25 bits per heavy atom. The molecule has 0 unspecified atom stereocenters. The van der Waals surface area contributed by atoms with E-state index in [0.29, 0.717) is 28.2 Å². The highest BCUT2D eigenvalue weighted by molar-refractivity contribution is 9.10. The van der Waals surface area contributed by atoms with Crippen molar-refractivity contribution in [2.75, 3.05) is 17.7 Å². The fourth-order valence-electron chi connectivity index (χ4n) is 1.80. The van der Waals surface area contributed by atoms with Crippen LogP contribution < -0.4 is 10.6 Å². The van der Waals surface area contributed by atoms with Gasteiger partial charge in [-0.2, -0.15) is 0 Å². The first kappa shape index (κ1) is 14.7. The molecule has 0 amide bonds.